The molecule has 3 aromatic carbocycles. The van der Waals surface area contributed by atoms with E-state index in [1.807, 2.05) is 49.8 Å². The van der Waals surface area contributed by atoms with Crippen molar-refractivity contribution in [2.75, 3.05) is 27.3 Å². The summed E-state index contributed by atoms with van der Waals surface area (Å²) < 4.78 is 16.2. The third-order valence-corrected chi connectivity index (χ3v) is 13.4. The maximum Gasteiger partial charge on any atom is 0.407 e. The van der Waals surface area contributed by atoms with Crippen molar-refractivity contribution in [3.8, 4) is 33.5 Å². The molecule has 0 aliphatic carbocycles. The summed E-state index contributed by atoms with van der Waals surface area (Å²) in [5, 5.41) is 5.44. The van der Waals surface area contributed by atoms with Gasteiger partial charge in [0.15, 0.2) is 0 Å². The van der Waals surface area contributed by atoms with Gasteiger partial charge in [0, 0.05) is 13.1 Å². The molecular formula is C48H56N8O7. The lowest BCUT2D eigenvalue weighted by atomic mass is 9.81. The molecule has 15 nitrogen and oxygen atoms in total. The van der Waals surface area contributed by atoms with E-state index in [9.17, 15) is 19.2 Å². The predicted molar refractivity (Wildman–Crippen MR) is 236 cm³/mol. The first kappa shape index (κ1) is 42.1. The van der Waals surface area contributed by atoms with Gasteiger partial charge in [-0.2, -0.15) is 0 Å². The average Bonchev–Trinajstić information content (AvgIpc) is 4.16. The fourth-order valence-corrected chi connectivity index (χ4v) is 10.1. The maximum absolute atomic E-state index is 13.8. The Morgan fingerprint density at radius 3 is 1.76 bits per heavy atom. The van der Waals surface area contributed by atoms with Crippen molar-refractivity contribution in [2.45, 2.75) is 103 Å². The quantitative estimate of drug-likeness (QED) is 0.102. The Bertz CT molecular complexity index is 2550. The molecule has 15 heteroatoms. The summed E-state index contributed by atoms with van der Waals surface area (Å²) in [6.07, 6.45) is 5.84. The predicted octanol–water partition coefficient (Wildman–Crippen LogP) is 8.28. The monoisotopic (exact) mass is 856 g/mol. The zero-order chi connectivity index (χ0) is 44.1. The first-order valence-electron chi connectivity index (χ1n) is 22.2. The Kier molecular flexibility index (Phi) is 11.5. The number of aromatic amines is 2. The van der Waals surface area contributed by atoms with Crippen molar-refractivity contribution in [1.82, 2.24) is 40.4 Å². The molecule has 5 aromatic rings. The summed E-state index contributed by atoms with van der Waals surface area (Å²) in [6.45, 7) is 8.83. The number of carbonyl (C=O) groups excluding carboxylic acids is 4. The minimum Gasteiger partial charge on any atom is -0.453 e. The van der Waals surface area contributed by atoms with Crippen LogP contribution in [0.1, 0.15) is 113 Å². The SMILES string of the molecule is COC(=O)N[C@H](C(=O)N1CCCC1c1nc2ccc(-c3ccc(-c4ccc(-c5cnc([C@@H]6CCCN6C(=O)[C@@H](NC(=O)OC)C(C)C)[nH]5)cc4)c4c3C3CCC4O3)cc2[nH]1)C(C)C. The number of aromatic nitrogens is 4. The van der Waals surface area contributed by atoms with Gasteiger partial charge < -0.3 is 44.6 Å². The van der Waals surface area contributed by atoms with Crippen LogP contribution in [-0.4, -0.2) is 93.1 Å². The summed E-state index contributed by atoms with van der Waals surface area (Å²) in [5.41, 5.74) is 10.6. The van der Waals surface area contributed by atoms with Crippen LogP contribution in [0, 0.1) is 11.8 Å². The second-order valence-corrected chi connectivity index (χ2v) is 17.9. The van der Waals surface area contributed by atoms with Gasteiger partial charge in [-0.3, -0.25) is 9.59 Å². The molecule has 6 heterocycles. The molecule has 4 amide bonds. The fraction of sp³-hybridized carbons (Fsp3) is 0.458. The number of methoxy groups -OCH3 is 2. The fourth-order valence-electron chi connectivity index (χ4n) is 10.1. The zero-order valence-corrected chi connectivity index (χ0v) is 36.7. The Hall–Kier alpha value is -6.22. The van der Waals surface area contributed by atoms with E-state index in [0.717, 1.165) is 94.7 Å². The molecule has 3 unspecified atom stereocenters. The number of nitrogens with one attached hydrogen (secondary N) is 4. The van der Waals surface area contributed by atoms with Crippen LogP contribution in [0.15, 0.2) is 60.8 Å². The molecule has 330 valence electrons. The minimum absolute atomic E-state index is 0.0234. The van der Waals surface area contributed by atoms with Crippen molar-refractivity contribution in [2.24, 2.45) is 11.8 Å². The zero-order valence-electron chi connectivity index (χ0n) is 36.7. The van der Waals surface area contributed by atoms with E-state index in [4.69, 9.17) is 24.2 Å². The summed E-state index contributed by atoms with van der Waals surface area (Å²) in [6, 6.07) is 17.4. The molecule has 0 saturated carbocycles. The standard InChI is InChI=1S/C48H56N8O7/c1-25(2)41(53-47(59)61-5)45(57)55-21-7-9-35(55)43-49-24-34(52-43)28-13-11-27(12-14-28)30-16-17-31(40-38-20-19-37(63-38)39(30)40)29-15-18-32-33(23-29)51-44(50-32)36-10-8-22-56(36)46(58)42(26(3)4)54-48(60)62-6/h11-18,23-26,35-38,41-42H,7-10,19-22H2,1-6H3,(H,49,52)(H,50,51)(H,53,59)(H,54,60)/t35-,36?,37?,38?,41-,42-/m0/s1. The van der Waals surface area contributed by atoms with E-state index < -0.39 is 24.3 Å². The van der Waals surface area contributed by atoms with Crippen molar-refractivity contribution < 1.29 is 33.4 Å². The highest BCUT2D eigenvalue weighted by Crippen LogP contribution is 2.56. The van der Waals surface area contributed by atoms with Gasteiger partial charge in [-0.25, -0.2) is 19.6 Å². The largest absolute Gasteiger partial charge is 0.453 e. The van der Waals surface area contributed by atoms with Crippen molar-refractivity contribution >= 4 is 35.0 Å². The molecule has 0 radical (unpaired) electrons. The number of ether oxygens (including phenoxy) is 3. The highest BCUT2D eigenvalue weighted by molar-refractivity contribution is 5.89. The molecule has 6 atom stereocenters. The van der Waals surface area contributed by atoms with Crippen LogP contribution >= 0.6 is 0 Å². The number of amides is 4. The highest BCUT2D eigenvalue weighted by Gasteiger charge is 2.42. The van der Waals surface area contributed by atoms with Crippen LogP contribution in [-0.2, 0) is 23.8 Å². The third-order valence-electron chi connectivity index (χ3n) is 13.4. The molecular weight excluding hydrogens is 801 g/mol. The molecule has 3 fully saturated rings. The van der Waals surface area contributed by atoms with Crippen LogP contribution in [0.4, 0.5) is 9.59 Å². The number of H-pyrrole nitrogens is 2. The van der Waals surface area contributed by atoms with E-state index in [1.165, 1.54) is 25.3 Å². The first-order chi connectivity index (χ1) is 30.4. The smallest absolute Gasteiger partial charge is 0.407 e. The van der Waals surface area contributed by atoms with Crippen molar-refractivity contribution in [3.63, 3.8) is 0 Å². The van der Waals surface area contributed by atoms with Crippen molar-refractivity contribution in [1.29, 1.82) is 0 Å². The molecule has 2 bridgehead atoms. The van der Waals surface area contributed by atoms with Gasteiger partial charge >= 0.3 is 12.2 Å². The topological polar surface area (TPSA) is 184 Å². The second-order valence-electron chi connectivity index (χ2n) is 17.9. The lowest BCUT2D eigenvalue weighted by Gasteiger charge is -2.30. The second kappa shape index (κ2) is 17.2. The first-order valence-corrected chi connectivity index (χ1v) is 22.2. The van der Waals surface area contributed by atoms with E-state index in [-0.39, 0.29) is 47.9 Å². The third kappa shape index (κ3) is 7.80. The van der Waals surface area contributed by atoms with Crippen LogP contribution in [0.2, 0.25) is 0 Å². The molecule has 2 aromatic heterocycles. The summed E-state index contributed by atoms with van der Waals surface area (Å²) >= 11 is 0. The van der Waals surface area contributed by atoms with Crippen LogP contribution in [0.5, 0.6) is 0 Å². The molecule has 4 aliphatic heterocycles. The average molecular weight is 857 g/mol. The number of benzene rings is 3. The summed E-state index contributed by atoms with van der Waals surface area (Å²) in [7, 11) is 2.59. The number of rotatable bonds is 11. The number of likely N-dealkylation sites (tertiary alicyclic amines) is 2. The lowest BCUT2D eigenvalue weighted by Crippen LogP contribution is -2.51. The van der Waals surface area contributed by atoms with Gasteiger partial charge in [0.1, 0.15) is 23.7 Å². The molecule has 9 rings (SSSR count). The van der Waals surface area contributed by atoms with Gasteiger partial charge in [0.25, 0.3) is 0 Å². The summed E-state index contributed by atoms with van der Waals surface area (Å²) in [4.78, 5) is 72.0. The van der Waals surface area contributed by atoms with E-state index in [2.05, 4.69) is 69.1 Å². The number of fused-ring (bicyclic) bond motifs is 6. The van der Waals surface area contributed by atoms with Gasteiger partial charge in [-0.15, -0.1) is 0 Å². The van der Waals surface area contributed by atoms with Gasteiger partial charge in [0.2, 0.25) is 11.8 Å². The van der Waals surface area contributed by atoms with Gasteiger partial charge in [-0.1, -0.05) is 70.2 Å². The molecule has 4 N–H and O–H groups in total. The highest BCUT2D eigenvalue weighted by atomic mass is 16.5. The number of carbonyl (C=O) groups is 4. The van der Waals surface area contributed by atoms with Crippen LogP contribution in [0.3, 0.4) is 0 Å². The maximum atomic E-state index is 13.8. The Morgan fingerprint density at radius 1 is 0.683 bits per heavy atom. The number of hydrogen-bond acceptors (Lipinski definition) is 9. The van der Waals surface area contributed by atoms with Gasteiger partial charge in [-0.05, 0) is 101 Å². The lowest BCUT2D eigenvalue weighted by molar-refractivity contribution is -0.136. The van der Waals surface area contributed by atoms with E-state index >= 15 is 0 Å². The molecule has 4 aliphatic rings. The van der Waals surface area contributed by atoms with Gasteiger partial charge in [0.05, 0.1) is 61.4 Å². The van der Waals surface area contributed by atoms with E-state index in [1.54, 1.807) is 0 Å². The summed E-state index contributed by atoms with van der Waals surface area (Å²) in [5.74, 6) is 0.974. The number of alkyl carbamates (subject to hydrolysis) is 2. The number of nitrogens with zero attached hydrogens (tertiary/aromatic N) is 4. The van der Waals surface area contributed by atoms with Crippen LogP contribution < -0.4 is 10.6 Å². The number of imidazole rings is 2. The van der Waals surface area contributed by atoms with E-state index in [0.29, 0.717) is 13.1 Å². The number of hydrogen-bond donors (Lipinski definition) is 4. The molecule has 0 spiro atoms. The molecule has 3 saturated heterocycles. The Morgan fingerprint density at radius 2 is 1.21 bits per heavy atom. The molecule has 63 heavy (non-hydrogen) atoms. The van der Waals surface area contributed by atoms with Crippen molar-refractivity contribution in [3.05, 3.63) is 83.6 Å². The normalized spacial score (nSPS) is 21.3. The Labute approximate surface area is 366 Å². The van der Waals surface area contributed by atoms with Crippen LogP contribution in [0.25, 0.3) is 44.5 Å². The minimum atomic E-state index is -0.698. The Balaban J connectivity index is 0.949.